The lowest BCUT2D eigenvalue weighted by molar-refractivity contribution is 0.103. The average Bonchev–Trinajstić information content (AvgIpc) is 3.23. The third kappa shape index (κ3) is 3.56. The smallest absolute Gasteiger partial charge is 0.267 e. The minimum Gasteiger partial charge on any atom is -0.319 e. The van der Waals surface area contributed by atoms with E-state index in [1.54, 1.807) is 18.3 Å². The van der Waals surface area contributed by atoms with Gasteiger partial charge in [-0.3, -0.25) is 9.48 Å². The summed E-state index contributed by atoms with van der Waals surface area (Å²) in [5.41, 5.74) is 0.827. The van der Waals surface area contributed by atoms with Gasteiger partial charge in [0.05, 0.1) is 23.5 Å². The molecule has 4 rings (SSSR count). The van der Waals surface area contributed by atoms with Crippen LogP contribution in [0.4, 0.5) is 10.1 Å². The van der Waals surface area contributed by atoms with Gasteiger partial charge in [0.25, 0.3) is 5.91 Å². The highest BCUT2D eigenvalue weighted by Crippen LogP contribution is 2.35. The zero-order valence-electron chi connectivity index (χ0n) is 13.7. The van der Waals surface area contributed by atoms with E-state index in [0.29, 0.717) is 26.2 Å². The Morgan fingerprint density at radius 1 is 1.19 bits per heavy atom. The first-order chi connectivity index (χ1) is 13.0. The number of fused-ring (bicyclic) bond motifs is 1. The SMILES string of the molecule is O=C(Nc1cnn(Cc2c(F)cccc2Cl)c1)c1sc2ccccc2c1Cl. The molecule has 0 saturated heterocycles. The number of carbonyl (C=O) groups excluding carboxylic acids is 1. The molecule has 4 aromatic rings. The lowest BCUT2D eigenvalue weighted by atomic mass is 10.2. The fourth-order valence-corrected chi connectivity index (χ4v) is 4.34. The summed E-state index contributed by atoms with van der Waals surface area (Å²) in [5.74, 6) is -0.717. The Morgan fingerprint density at radius 3 is 2.78 bits per heavy atom. The van der Waals surface area contributed by atoms with E-state index in [9.17, 15) is 9.18 Å². The van der Waals surface area contributed by atoms with Crippen LogP contribution < -0.4 is 5.32 Å². The Balaban J connectivity index is 1.53. The topological polar surface area (TPSA) is 46.9 Å². The average molecular weight is 420 g/mol. The maximum atomic E-state index is 13.9. The molecular weight excluding hydrogens is 408 g/mol. The van der Waals surface area contributed by atoms with E-state index in [1.165, 1.54) is 28.3 Å². The molecule has 0 unspecified atom stereocenters. The summed E-state index contributed by atoms with van der Waals surface area (Å²) < 4.78 is 16.4. The summed E-state index contributed by atoms with van der Waals surface area (Å²) in [6.45, 7) is 0.158. The highest BCUT2D eigenvalue weighted by molar-refractivity contribution is 7.21. The van der Waals surface area contributed by atoms with Crippen LogP contribution in [0.1, 0.15) is 15.2 Å². The Bertz CT molecular complexity index is 1130. The fraction of sp³-hybridized carbons (Fsp3) is 0.0526. The molecule has 0 fully saturated rings. The van der Waals surface area contributed by atoms with Gasteiger partial charge in [0, 0.05) is 26.9 Å². The van der Waals surface area contributed by atoms with E-state index in [-0.39, 0.29) is 12.5 Å². The second kappa shape index (κ2) is 7.31. The number of nitrogens with one attached hydrogen (secondary N) is 1. The van der Waals surface area contributed by atoms with E-state index in [0.717, 1.165) is 10.1 Å². The number of hydrogen-bond acceptors (Lipinski definition) is 3. The molecule has 0 atom stereocenters. The number of nitrogens with zero attached hydrogens (tertiary/aromatic N) is 2. The Kier molecular flexibility index (Phi) is 4.86. The molecule has 0 bridgehead atoms. The molecule has 4 nitrogen and oxygen atoms in total. The quantitative estimate of drug-likeness (QED) is 0.451. The Hall–Kier alpha value is -2.41. The van der Waals surface area contributed by atoms with Crippen LogP contribution in [-0.4, -0.2) is 15.7 Å². The summed E-state index contributed by atoms with van der Waals surface area (Å²) in [6.07, 6.45) is 3.11. The monoisotopic (exact) mass is 419 g/mol. The molecule has 2 heterocycles. The summed E-state index contributed by atoms with van der Waals surface area (Å²) in [4.78, 5) is 13.0. The van der Waals surface area contributed by atoms with Crippen LogP contribution in [0.25, 0.3) is 10.1 Å². The minimum absolute atomic E-state index is 0.158. The lowest BCUT2D eigenvalue weighted by Gasteiger charge is -2.05. The molecule has 8 heteroatoms. The van der Waals surface area contributed by atoms with Gasteiger partial charge in [-0.15, -0.1) is 11.3 Å². The van der Waals surface area contributed by atoms with Crippen molar-refractivity contribution in [1.82, 2.24) is 9.78 Å². The van der Waals surface area contributed by atoms with Gasteiger partial charge in [-0.25, -0.2) is 4.39 Å². The standard InChI is InChI=1S/C19H12Cl2FN3OS/c20-14-5-3-6-15(22)13(14)10-25-9-11(8-23-25)24-19(26)18-17(21)12-4-1-2-7-16(12)27-18/h1-9H,10H2,(H,24,26). The van der Waals surface area contributed by atoms with Crippen molar-refractivity contribution in [2.45, 2.75) is 6.54 Å². The van der Waals surface area contributed by atoms with Crippen molar-refractivity contribution in [2.75, 3.05) is 5.32 Å². The van der Waals surface area contributed by atoms with Crippen molar-refractivity contribution in [2.24, 2.45) is 0 Å². The summed E-state index contributed by atoms with van der Waals surface area (Å²) >= 11 is 13.7. The summed E-state index contributed by atoms with van der Waals surface area (Å²) in [6, 6.07) is 12.1. The molecule has 136 valence electrons. The van der Waals surface area contributed by atoms with Crippen molar-refractivity contribution in [3.63, 3.8) is 0 Å². The zero-order chi connectivity index (χ0) is 19.0. The van der Waals surface area contributed by atoms with Crippen molar-refractivity contribution < 1.29 is 9.18 Å². The zero-order valence-corrected chi connectivity index (χ0v) is 16.1. The van der Waals surface area contributed by atoms with Gasteiger partial charge >= 0.3 is 0 Å². The number of thiophene rings is 1. The van der Waals surface area contributed by atoms with Gasteiger partial charge in [0.15, 0.2) is 0 Å². The number of carbonyl (C=O) groups is 1. The van der Waals surface area contributed by atoms with Crippen LogP contribution in [0, 0.1) is 5.82 Å². The molecule has 0 saturated carbocycles. The fourth-order valence-electron chi connectivity index (χ4n) is 2.71. The Morgan fingerprint density at radius 2 is 2.00 bits per heavy atom. The molecule has 27 heavy (non-hydrogen) atoms. The van der Waals surface area contributed by atoms with Crippen molar-refractivity contribution in [3.05, 3.63) is 81.2 Å². The summed E-state index contributed by atoms with van der Waals surface area (Å²) in [5, 5.41) is 8.53. The van der Waals surface area contributed by atoms with Gasteiger partial charge in [-0.1, -0.05) is 47.5 Å². The molecule has 2 aromatic carbocycles. The van der Waals surface area contributed by atoms with Crippen molar-refractivity contribution in [1.29, 1.82) is 0 Å². The first-order valence-electron chi connectivity index (χ1n) is 7.96. The van der Waals surface area contributed by atoms with Crippen LogP contribution in [0.5, 0.6) is 0 Å². The van der Waals surface area contributed by atoms with Crippen LogP contribution in [0.15, 0.2) is 54.9 Å². The third-order valence-electron chi connectivity index (χ3n) is 4.01. The maximum Gasteiger partial charge on any atom is 0.267 e. The number of amides is 1. The number of anilines is 1. The molecule has 0 spiro atoms. The van der Waals surface area contributed by atoms with Gasteiger partial charge in [0.1, 0.15) is 10.7 Å². The first-order valence-corrected chi connectivity index (χ1v) is 9.54. The van der Waals surface area contributed by atoms with Gasteiger partial charge in [-0.05, 0) is 18.2 Å². The van der Waals surface area contributed by atoms with E-state index in [4.69, 9.17) is 23.2 Å². The second-order valence-electron chi connectivity index (χ2n) is 5.82. The molecular formula is C19H12Cl2FN3OS. The number of benzene rings is 2. The number of aromatic nitrogens is 2. The maximum absolute atomic E-state index is 13.9. The van der Waals surface area contributed by atoms with Crippen molar-refractivity contribution >= 4 is 56.2 Å². The molecule has 1 N–H and O–H groups in total. The normalized spacial score (nSPS) is 11.1. The number of hydrogen-bond donors (Lipinski definition) is 1. The second-order valence-corrected chi connectivity index (χ2v) is 7.66. The van der Waals surface area contributed by atoms with Crippen LogP contribution in [0.2, 0.25) is 10.0 Å². The highest BCUT2D eigenvalue weighted by Gasteiger charge is 2.17. The molecule has 0 radical (unpaired) electrons. The largest absolute Gasteiger partial charge is 0.319 e. The van der Waals surface area contributed by atoms with Crippen molar-refractivity contribution in [3.8, 4) is 0 Å². The van der Waals surface area contributed by atoms with E-state index in [1.807, 2.05) is 24.3 Å². The first kappa shape index (κ1) is 18.0. The predicted molar refractivity (Wildman–Crippen MR) is 108 cm³/mol. The molecule has 0 aliphatic heterocycles. The predicted octanol–water partition coefficient (Wildman–Crippen LogP) is 5.84. The van der Waals surface area contributed by atoms with E-state index in [2.05, 4.69) is 10.4 Å². The number of halogens is 3. The molecule has 0 aliphatic carbocycles. The molecule has 2 aromatic heterocycles. The van der Waals surface area contributed by atoms with E-state index >= 15 is 0 Å². The highest BCUT2D eigenvalue weighted by atomic mass is 35.5. The molecule has 1 amide bonds. The van der Waals surface area contributed by atoms with Gasteiger partial charge in [-0.2, -0.15) is 5.10 Å². The Labute approximate surface area is 168 Å². The van der Waals surface area contributed by atoms with E-state index < -0.39 is 5.82 Å². The van der Waals surface area contributed by atoms with Gasteiger partial charge < -0.3 is 5.32 Å². The molecule has 0 aliphatic rings. The van der Waals surface area contributed by atoms with Crippen LogP contribution in [-0.2, 0) is 6.54 Å². The van der Waals surface area contributed by atoms with Crippen LogP contribution in [0.3, 0.4) is 0 Å². The van der Waals surface area contributed by atoms with Gasteiger partial charge in [0.2, 0.25) is 0 Å². The number of rotatable bonds is 4. The van der Waals surface area contributed by atoms with Crippen LogP contribution >= 0.6 is 34.5 Å². The summed E-state index contributed by atoms with van der Waals surface area (Å²) in [7, 11) is 0. The minimum atomic E-state index is -0.402. The lowest BCUT2D eigenvalue weighted by Crippen LogP contribution is -2.10. The third-order valence-corrected chi connectivity index (χ3v) is 6.04.